The molecular formula is C25H22N2O3. The summed E-state index contributed by atoms with van der Waals surface area (Å²) in [4.78, 5) is 19.3. The monoisotopic (exact) mass is 398 g/mol. The normalized spacial score (nSPS) is 14.7. The van der Waals surface area contributed by atoms with Gasteiger partial charge < -0.3 is 9.47 Å². The van der Waals surface area contributed by atoms with Crippen molar-refractivity contribution in [3.05, 3.63) is 95.7 Å². The Morgan fingerprint density at radius 3 is 2.40 bits per heavy atom. The largest absolute Gasteiger partial charge is 0.494 e. The number of anilines is 1. The smallest absolute Gasteiger partial charge is 0.263 e. The topological polar surface area (TPSA) is 51.7 Å². The van der Waals surface area contributed by atoms with Crippen molar-refractivity contribution in [2.45, 2.75) is 6.92 Å². The zero-order valence-electron chi connectivity index (χ0n) is 16.9. The van der Waals surface area contributed by atoms with Crippen LogP contribution in [0.5, 0.6) is 11.6 Å². The van der Waals surface area contributed by atoms with Gasteiger partial charge in [0.15, 0.2) is 0 Å². The third-order valence-electron chi connectivity index (χ3n) is 4.75. The number of hydrogen-bond donors (Lipinski definition) is 0. The van der Waals surface area contributed by atoms with Gasteiger partial charge in [-0.25, -0.2) is 4.98 Å². The quantitative estimate of drug-likeness (QED) is 0.551. The van der Waals surface area contributed by atoms with Crippen LogP contribution in [0, 0.1) is 0 Å². The summed E-state index contributed by atoms with van der Waals surface area (Å²) in [6.07, 6.45) is 5.45. The highest BCUT2D eigenvalue weighted by Crippen LogP contribution is 2.35. The fourth-order valence-corrected chi connectivity index (χ4v) is 3.33. The van der Waals surface area contributed by atoms with Crippen LogP contribution in [-0.2, 0) is 4.79 Å². The Bertz CT molecular complexity index is 1090. The highest BCUT2D eigenvalue weighted by atomic mass is 16.5. The van der Waals surface area contributed by atoms with Gasteiger partial charge in [0.05, 0.1) is 31.3 Å². The van der Waals surface area contributed by atoms with E-state index in [1.54, 1.807) is 24.3 Å². The van der Waals surface area contributed by atoms with E-state index in [0.29, 0.717) is 23.7 Å². The van der Waals surface area contributed by atoms with Crippen molar-refractivity contribution in [1.29, 1.82) is 0 Å². The van der Waals surface area contributed by atoms with Crippen LogP contribution >= 0.6 is 0 Å². The highest BCUT2D eigenvalue weighted by molar-refractivity contribution is 6.23. The Kier molecular flexibility index (Phi) is 5.61. The zero-order chi connectivity index (χ0) is 20.9. The van der Waals surface area contributed by atoms with Crippen LogP contribution in [0.3, 0.4) is 0 Å². The molecule has 0 atom stereocenters. The number of methoxy groups -OCH3 is 1. The van der Waals surface area contributed by atoms with Crippen LogP contribution in [0.15, 0.2) is 84.6 Å². The number of carbonyl (C=O) groups is 1. The Hall–Kier alpha value is -3.86. The summed E-state index contributed by atoms with van der Waals surface area (Å²) in [6, 6.07) is 21.1. The molecule has 0 radical (unpaired) electrons. The fraction of sp³-hybridized carbons (Fsp3) is 0.120. The van der Waals surface area contributed by atoms with Crippen molar-refractivity contribution in [2.75, 3.05) is 18.6 Å². The number of amides is 1. The maximum absolute atomic E-state index is 13.3. The van der Waals surface area contributed by atoms with Crippen LogP contribution in [0.4, 0.5) is 5.69 Å². The number of pyridine rings is 1. The van der Waals surface area contributed by atoms with Crippen molar-refractivity contribution >= 4 is 23.4 Å². The van der Waals surface area contributed by atoms with E-state index in [1.165, 1.54) is 0 Å². The lowest BCUT2D eigenvalue weighted by atomic mass is 10.1. The number of rotatable bonds is 6. The molecule has 1 amide bonds. The van der Waals surface area contributed by atoms with E-state index >= 15 is 0 Å². The summed E-state index contributed by atoms with van der Waals surface area (Å²) < 4.78 is 10.6. The van der Waals surface area contributed by atoms with Gasteiger partial charge in [-0.2, -0.15) is 0 Å². The van der Waals surface area contributed by atoms with E-state index in [4.69, 9.17) is 9.47 Å². The van der Waals surface area contributed by atoms with Gasteiger partial charge in [0, 0.05) is 11.6 Å². The molecule has 4 rings (SSSR count). The summed E-state index contributed by atoms with van der Waals surface area (Å²) in [5.41, 5.74) is 3.99. The zero-order valence-corrected chi connectivity index (χ0v) is 16.9. The average molecular weight is 398 g/mol. The first-order chi connectivity index (χ1) is 14.7. The van der Waals surface area contributed by atoms with Crippen LogP contribution in [-0.4, -0.2) is 24.6 Å². The number of hydrogen-bond acceptors (Lipinski definition) is 4. The van der Waals surface area contributed by atoms with E-state index in [-0.39, 0.29) is 5.91 Å². The molecule has 2 aromatic carbocycles. The molecule has 0 fully saturated rings. The van der Waals surface area contributed by atoms with Crippen LogP contribution < -0.4 is 14.4 Å². The molecule has 0 aliphatic carbocycles. The average Bonchev–Trinajstić information content (AvgIpc) is 3.12. The highest BCUT2D eigenvalue weighted by Gasteiger charge is 2.30. The summed E-state index contributed by atoms with van der Waals surface area (Å²) in [5, 5.41) is 0. The molecule has 0 bridgehead atoms. The standard InChI is InChI=1S/C25H22N2O3/c1-3-30-22-12-9-18(10-13-22)15-20-16-23(19-7-5-4-6-8-19)27(25(20)28)21-11-14-24(29-2)26-17-21/h4-17H,3H2,1-2H3/b20-15+. The molecule has 5 heteroatoms. The minimum Gasteiger partial charge on any atom is -0.494 e. The van der Waals surface area contributed by atoms with Gasteiger partial charge in [-0.05, 0) is 48.4 Å². The lowest BCUT2D eigenvalue weighted by Gasteiger charge is -2.20. The van der Waals surface area contributed by atoms with Crippen molar-refractivity contribution in [1.82, 2.24) is 4.98 Å². The lowest BCUT2D eigenvalue weighted by Crippen LogP contribution is -2.25. The number of ether oxygens (including phenoxy) is 2. The lowest BCUT2D eigenvalue weighted by molar-refractivity contribution is -0.113. The molecule has 0 saturated heterocycles. The maximum Gasteiger partial charge on any atom is 0.263 e. The number of benzene rings is 2. The van der Waals surface area contributed by atoms with Gasteiger partial charge in [0.1, 0.15) is 5.75 Å². The first-order valence-electron chi connectivity index (χ1n) is 9.76. The van der Waals surface area contributed by atoms with Crippen molar-refractivity contribution in [3.63, 3.8) is 0 Å². The maximum atomic E-state index is 13.3. The van der Waals surface area contributed by atoms with Crippen LogP contribution in [0.2, 0.25) is 0 Å². The number of carbonyl (C=O) groups excluding carboxylic acids is 1. The SMILES string of the molecule is CCOc1ccc(/C=C2\C=C(c3ccccc3)N(c3ccc(OC)nc3)C2=O)cc1. The minimum atomic E-state index is -0.102. The summed E-state index contributed by atoms with van der Waals surface area (Å²) in [6.45, 7) is 2.57. The molecule has 5 nitrogen and oxygen atoms in total. The third kappa shape index (κ3) is 3.96. The summed E-state index contributed by atoms with van der Waals surface area (Å²) in [5.74, 6) is 1.21. The van der Waals surface area contributed by atoms with E-state index < -0.39 is 0 Å². The molecule has 150 valence electrons. The van der Waals surface area contributed by atoms with Gasteiger partial charge in [-0.15, -0.1) is 0 Å². The Morgan fingerprint density at radius 2 is 1.77 bits per heavy atom. The second-order valence-corrected chi connectivity index (χ2v) is 6.70. The van der Waals surface area contributed by atoms with Crippen LogP contribution in [0.25, 0.3) is 11.8 Å². The summed E-state index contributed by atoms with van der Waals surface area (Å²) >= 11 is 0. The molecule has 30 heavy (non-hydrogen) atoms. The van der Waals surface area contributed by atoms with Gasteiger partial charge >= 0.3 is 0 Å². The Balaban J connectivity index is 1.73. The third-order valence-corrected chi connectivity index (χ3v) is 4.75. The number of aromatic nitrogens is 1. The Labute approximate surface area is 175 Å². The van der Waals surface area contributed by atoms with Crippen molar-refractivity contribution in [3.8, 4) is 11.6 Å². The molecule has 1 aliphatic heterocycles. The van der Waals surface area contributed by atoms with E-state index in [1.807, 2.05) is 79.7 Å². The first kappa shape index (κ1) is 19.5. The number of nitrogens with zero attached hydrogens (tertiary/aromatic N) is 2. The van der Waals surface area contributed by atoms with Crippen molar-refractivity contribution < 1.29 is 14.3 Å². The van der Waals surface area contributed by atoms with E-state index in [2.05, 4.69) is 4.98 Å². The molecule has 0 unspecified atom stereocenters. The molecule has 1 aliphatic rings. The fourth-order valence-electron chi connectivity index (χ4n) is 3.33. The molecule has 0 N–H and O–H groups in total. The minimum absolute atomic E-state index is 0.102. The van der Waals surface area contributed by atoms with Crippen molar-refractivity contribution in [2.24, 2.45) is 0 Å². The predicted octanol–water partition coefficient (Wildman–Crippen LogP) is 4.96. The molecule has 0 saturated carbocycles. The molecule has 2 heterocycles. The van der Waals surface area contributed by atoms with Gasteiger partial charge in [0.2, 0.25) is 5.88 Å². The molecule has 0 spiro atoms. The molecular weight excluding hydrogens is 376 g/mol. The first-order valence-corrected chi connectivity index (χ1v) is 9.76. The van der Waals surface area contributed by atoms with Gasteiger partial charge in [0.25, 0.3) is 5.91 Å². The van der Waals surface area contributed by atoms with Gasteiger partial charge in [-0.3, -0.25) is 9.69 Å². The van der Waals surface area contributed by atoms with Crippen LogP contribution in [0.1, 0.15) is 18.1 Å². The molecule has 1 aromatic heterocycles. The second kappa shape index (κ2) is 8.66. The van der Waals surface area contributed by atoms with E-state index in [0.717, 1.165) is 22.6 Å². The predicted molar refractivity (Wildman–Crippen MR) is 118 cm³/mol. The summed E-state index contributed by atoms with van der Waals surface area (Å²) in [7, 11) is 1.57. The second-order valence-electron chi connectivity index (χ2n) is 6.70. The van der Waals surface area contributed by atoms with Gasteiger partial charge in [-0.1, -0.05) is 42.5 Å². The Morgan fingerprint density at radius 1 is 1.00 bits per heavy atom. The van der Waals surface area contributed by atoms with E-state index in [9.17, 15) is 4.79 Å². The molecule has 3 aromatic rings.